The molecule has 0 spiro atoms. The SMILES string of the molecule is NC(N)=O.NS(=O)(=O)Cc1ccccc1. The van der Waals surface area contributed by atoms with E-state index in [1.165, 1.54) is 0 Å². The molecule has 0 aromatic heterocycles. The summed E-state index contributed by atoms with van der Waals surface area (Å²) in [7, 11) is -3.38. The summed E-state index contributed by atoms with van der Waals surface area (Å²) in [5.41, 5.74) is 9.22. The number of hydrogen-bond acceptors (Lipinski definition) is 3. The second kappa shape index (κ2) is 5.99. The summed E-state index contributed by atoms with van der Waals surface area (Å²) < 4.78 is 21.2. The third kappa shape index (κ3) is 10.3. The molecule has 84 valence electrons. The van der Waals surface area contributed by atoms with Gasteiger partial charge in [-0.15, -0.1) is 0 Å². The molecule has 6 N–H and O–H groups in total. The molecular weight excluding hydrogens is 218 g/mol. The summed E-state index contributed by atoms with van der Waals surface area (Å²) in [5, 5.41) is 4.84. The van der Waals surface area contributed by atoms with Crippen molar-refractivity contribution in [3.05, 3.63) is 35.9 Å². The minimum Gasteiger partial charge on any atom is -0.352 e. The molecule has 6 nitrogen and oxygen atoms in total. The van der Waals surface area contributed by atoms with Crippen LogP contribution in [0.3, 0.4) is 0 Å². The lowest BCUT2D eigenvalue weighted by Crippen LogP contribution is -2.18. The van der Waals surface area contributed by atoms with Crippen LogP contribution in [0.5, 0.6) is 0 Å². The molecule has 0 bridgehead atoms. The van der Waals surface area contributed by atoms with E-state index in [2.05, 4.69) is 11.5 Å². The Morgan fingerprint density at radius 3 is 1.87 bits per heavy atom. The molecule has 1 rings (SSSR count). The Hall–Kier alpha value is -1.60. The number of primary amides is 2. The van der Waals surface area contributed by atoms with Crippen LogP contribution in [0.4, 0.5) is 4.79 Å². The predicted molar refractivity (Wildman–Crippen MR) is 57.0 cm³/mol. The highest BCUT2D eigenvalue weighted by atomic mass is 32.2. The van der Waals surface area contributed by atoms with Crippen molar-refractivity contribution < 1.29 is 13.2 Å². The number of sulfonamides is 1. The first kappa shape index (κ1) is 13.4. The monoisotopic (exact) mass is 231 g/mol. The van der Waals surface area contributed by atoms with E-state index in [1.54, 1.807) is 24.3 Å². The number of hydrogen-bond donors (Lipinski definition) is 3. The molecule has 0 atom stereocenters. The minimum atomic E-state index is -3.38. The fraction of sp³-hybridized carbons (Fsp3) is 0.125. The number of benzene rings is 1. The van der Waals surface area contributed by atoms with Gasteiger partial charge < -0.3 is 11.5 Å². The summed E-state index contributed by atoms with van der Waals surface area (Å²) in [5.74, 6) is -0.0894. The van der Waals surface area contributed by atoms with Crippen molar-refractivity contribution in [2.45, 2.75) is 5.75 Å². The molecule has 7 heteroatoms. The Bertz CT molecular complexity index is 398. The first-order chi connectivity index (χ1) is 6.81. The van der Waals surface area contributed by atoms with Crippen LogP contribution in [0.1, 0.15) is 5.56 Å². The van der Waals surface area contributed by atoms with Gasteiger partial charge in [-0.05, 0) is 5.56 Å². The van der Waals surface area contributed by atoms with Gasteiger partial charge in [-0.1, -0.05) is 30.3 Å². The van der Waals surface area contributed by atoms with Crippen molar-refractivity contribution in [1.29, 1.82) is 0 Å². The number of urea groups is 1. The lowest BCUT2D eigenvalue weighted by atomic mass is 10.2. The van der Waals surface area contributed by atoms with Gasteiger partial charge >= 0.3 is 6.03 Å². The van der Waals surface area contributed by atoms with Gasteiger partial charge in [0.15, 0.2) is 0 Å². The van der Waals surface area contributed by atoms with Crippen molar-refractivity contribution in [3.63, 3.8) is 0 Å². The zero-order valence-electron chi connectivity index (χ0n) is 7.96. The minimum absolute atomic E-state index is 0.0894. The van der Waals surface area contributed by atoms with E-state index in [0.717, 1.165) is 5.56 Å². The lowest BCUT2D eigenvalue weighted by molar-refractivity contribution is 0.256. The average molecular weight is 231 g/mol. The molecule has 0 unspecified atom stereocenters. The number of carbonyl (C=O) groups excluding carboxylic acids is 1. The molecule has 0 heterocycles. The maximum atomic E-state index is 10.6. The molecule has 0 saturated carbocycles. The van der Waals surface area contributed by atoms with Crippen molar-refractivity contribution in [2.24, 2.45) is 16.6 Å². The van der Waals surface area contributed by atoms with Gasteiger partial charge in [0.05, 0.1) is 5.75 Å². The highest BCUT2D eigenvalue weighted by Gasteiger charge is 2.02. The molecular formula is C8H13N3O3S. The highest BCUT2D eigenvalue weighted by Crippen LogP contribution is 2.01. The molecule has 0 saturated heterocycles. The zero-order chi connectivity index (χ0) is 11.9. The average Bonchev–Trinajstić information content (AvgIpc) is 2.01. The van der Waals surface area contributed by atoms with Crippen LogP contribution in [0.2, 0.25) is 0 Å². The molecule has 1 aromatic rings. The van der Waals surface area contributed by atoms with Gasteiger partial charge in [-0.3, -0.25) is 0 Å². The first-order valence-electron chi connectivity index (χ1n) is 3.90. The van der Waals surface area contributed by atoms with Crippen LogP contribution in [-0.4, -0.2) is 14.4 Å². The fourth-order valence-corrected chi connectivity index (χ4v) is 1.46. The molecule has 0 aliphatic carbocycles. The lowest BCUT2D eigenvalue weighted by Gasteiger charge is -1.96. The molecule has 0 aliphatic heterocycles. The quantitative estimate of drug-likeness (QED) is 0.634. The second-order valence-corrected chi connectivity index (χ2v) is 4.31. The summed E-state index contributed by atoms with van der Waals surface area (Å²) in [4.78, 5) is 9.00. The Balaban J connectivity index is 0.000000423. The third-order valence-corrected chi connectivity index (χ3v) is 1.95. The van der Waals surface area contributed by atoms with Crippen LogP contribution >= 0.6 is 0 Å². The van der Waals surface area contributed by atoms with E-state index in [9.17, 15) is 8.42 Å². The van der Waals surface area contributed by atoms with E-state index in [1.807, 2.05) is 6.07 Å². The van der Waals surface area contributed by atoms with E-state index in [-0.39, 0.29) is 5.75 Å². The van der Waals surface area contributed by atoms with Crippen LogP contribution in [0.25, 0.3) is 0 Å². The van der Waals surface area contributed by atoms with Crippen molar-refractivity contribution in [3.8, 4) is 0 Å². The van der Waals surface area contributed by atoms with Gasteiger partial charge in [0.1, 0.15) is 0 Å². The van der Waals surface area contributed by atoms with Gasteiger partial charge in [0.2, 0.25) is 10.0 Å². The van der Waals surface area contributed by atoms with Gasteiger partial charge in [-0.2, -0.15) is 0 Å². The van der Waals surface area contributed by atoms with Crippen molar-refractivity contribution >= 4 is 16.1 Å². The highest BCUT2D eigenvalue weighted by molar-refractivity contribution is 7.88. The number of primary sulfonamides is 1. The van der Waals surface area contributed by atoms with Crippen LogP contribution < -0.4 is 16.6 Å². The molecule has 0 fully saturated rings. The van der Waals surface area contributed by atoms with E-state index in [4.69, 9.17) is 9.93 Å². The molecule has 2 amide bonds. The first-order valence-corrected chi connectivity index (χ1v) is 5.62. The number of nitrogens with two attached hydrogens (primary N) is 3. The smallest absolute Gasteiger partial charge is 0.309 e. The van der Waals surface area contributed by atoms with Crippen LogP contribution in [-0.2, 0) is 15.8 Å². The normalized spacial score (nSPS) is 9.93. The Morgan fingerprint density at radius 2 is 1.53 bits per heavy atom. The molecule has 0 aliphatic rings. The summed E-state index contributed by atoms with van der Waals surface area (Å²) in [6.07, 6.45) is 0. The van der Waals surface area contributed by atoms with E-state index >= 15 is 0 Å². The van der Waals surface area contributed by atoms with Gasteiger partial charge in [-0.25, -0.2) is 18.4 Å². The predicted octanol–water partition coefficient (Wildman–Crippen LogP) is -0.501. The number of carbonyl (C=O) groups is 1. The third-order valence-electron chi connectivity index (χ3n) is 1.21. The zero-order valence-corrected chi connectivity index (χ0v) is 8.78. The molecule has 0 radical (unpaired) electrons. The van der Waals surface area contributed by atoms with Crippen LogP contribution in [0, 0.1) is 0 Å². The Kier molecular flexibility index (Phi) is 5.35. The van der Waals surface area contributed by atoms with Gasteiger partial charge in [0.25, 0.3) is 0 Å². The maximum Gasteiger partial charge on any atom is 0.309 e. The second-order valence-electron chi connectivity index (χ2n) is 2.70. The van der Waals surface area contributed by atoms with Crippen molar-refractivity contribution in [2.75, 3.05) is 0 Å². The number of amides is 2. The van der Waals surface area contributed by atoms with Gasteiger partial charge in [0, 0.05) is 0 Å². The summed E-state index contributed by atoms with van der Waals surface area (Å²) >= 11 is 0. The summed E-state index contributed by atoms with van der Waals surface area (Å²) in [6.45, 7) is 0. The molecule has 1 aromatic carbocycles. The van der Waals surface area contributed by atoms with Crippen LogP contribution in [0.15, 0.2) is 30.3 Å². The Morgan fingerprint density at radius 1 is 1.13 bits per heavy atom. The maximum absolute atomic E-state index is 10.6. The largest absolute Gasteiger partial charge is 0.352 e. The number of rotatable bonds is 2. The van der Waals surface area contributed by atoms with E-state index < -0.39 is 16.1 Å². The van der Waals surface area contributed by atoms with E-state index in [0.29, 0.717) is 0 Å². The summed E-state index contributed by atoms with van der Waals surface area (Å²) in [6, 6.07) is 8.00. The topological polar surface area (TPSA) is 129 Å². The molecule has 15 heavy (non-hydrogen) atoms. The van der Waals surface area contributed by atoms with Crippen molar-refractivity contribution in [1.82, 2.24) is 0 Å². The standard InChI is InChI=1S/C7H9NO2S.CH4N2O/c8-11(9,10)6-7-4-2-1-3-5-7;2-1(3)4/h1-5H,6H2,(H2,8,9,10);(H4,2,3,4). The Labute approximate surface area is 88.1 Å². The fourth-order valence-electron chi connectivity index (χ4n) is 0.807.